The van der Waals surface area contributed by atoms with Crippen molar-refractivity contribution in [2.75, 3.05) is 5.75 Å². The van der Waals surface area contributed by atoms with Gasteiger partial charge in [0.2, 0.25) is 5.91 Å². The molecule has 1 fully saturated rings. The third-order valence-corrected chi connectivity index (χ3v) is 5.45. The van der Waals surface area contributed by atoms with E-state index in [4.69, 9.17) is 0 Å². The molecular formula is C15H17NO3S. The number of benzene rings is 1. The van der Waals surface area contributed by atoms with Gasteiger partial charge in [0.25, 0.3) is 0 Å². The van der Waals surface area contributed by atoms with Crippen LogP contribution >= 0.6 is 11.8 Å². The van der Waals surface area contributed by atoms with Gasteiger partial charge in [-0.3, -0.25) is 4.79 Å². The Morgan fingerprint density at radius 1 is 1.30 bits per heavy atom. The largest absolute Gasteiger partial charge is 0.480 e. The zero-order valence-electron chi connectivity index (χ0n) is 11.1. The van der Waals surface area contributed by atoms with Crippen LogP contribution < -0.4 is 5.32 Å². The summed E-state index contributed by atoms with van der Waals surface area (Å²) in [7, 11) is 0. The molecule has 0 bridgehead atoms. The van der Waals surface area contributed by atoms with E-state index in [-0.39, 0.29) is 11.2 Å². The summed E-state index contributed by atoms with van der Waals surface area (Å²) in [5, 5.41) is 11.8. The van der Waals surface area contributed by atoms with Crippen molar-refractivity contribution in [1.82, 2.24) is 5.32 Å². The van der Waals surface area contributed by atoms with E-state index in [0.717, 1.165) is 24.2 Å². The predicted octanol–water partition coefficient (Wildman–Crippen LogP) is 2.14. The number of thioether (sulfide) groups is 1. The number of nitrogens with one attached hydrogen (secondary N) is 1. The number of carbonyl (C=O) groups excluding carboxylic acids is 1. The molecule has 1 atom stereocenters. The summed E-state index contributed by atoms with van der Waals surface area (Å²) in [5.74, 6) is -0.176. The predicted molar refractivity (Wildman–Crippen MR) is 77.7 cm³/mol. The van der Waals surface area contributed by atoms with Crippen molar-refractivity contribution in [3.05, 3.63) is 35.4 Å². The summed E-state index contributed by atoms with van der Waals surface area (Å²) in [6, 6.07) is 7.93. The fraction of sp³-hybridized carbons (Fsp3) is 0.467. The van der Waals surface area contributed by atoms with Gasteiger partial charge >= 0.3 is 5.97 Å². The third kappa shape index (κ3) is 2.20. The molecule has 0 unspecified atom stereocenters. The molecule has 2 N–H and O–H groups in total. The Morgan fingerprint density at radius 2 is 2.05 bits per heavy atom. The molecule has 2 aliphatic rings. The zero-order valence-corrected chi connectivity index (χ0v) is 11.9. The average Bonchev–Trinajstić information content (AvgIpc) is 2.41. The Bertz CT molecular complexity index is 554. The van der Waals surface area contributed by atoms with Gasteiger partial charge in [-0.1, -0.05) is 24.3 Å². The van der Waals surface area contributed by atoms with Crippen LogP contribution in [0.25, 0.3) is 0 Å². The molecule has 20 heavy (non-hydrogen) atoms. The summed E-state index contributed by atoms with van der Waals surface area (Å²) in [4.78, 5) is 23.8. The van der Waals surface area contributed by atoms with Crippen molar-refractivity contribution in [3.63, 3.8) is 0 Å². The minimum Gasteiger partial charge on any atom is -0.480 e. The lowest BCUT2D eigenvalue weighted by Crippen LogP contribution is -2.59. The van der Waals surface area contributed by atoms with Gasteiger partial charge < -0.3 is 10.4 Å². The Hall–Kier alpha value is -1.49. The molecule has 0 spiro atoms. The fourth-order valence-corrected chi connectivity index (χ4v) is 4.03. The second-order valence-electron chi connectivity index (χ2n) is 5.43. The highest BCUT2D eigenvalue weighted by Gasteiger charge is 2.46. The van der Waals surface area contributed by atoms with Crippen LogP contribution in [0, 0.1) is 0 Å². The molecular weight excluding hydrogens is 274 g/mol. The van der Waals surface area contributed by atoms with E-state index in [2.05, 4.69) is 5.32 Å². The first-order valence-electron chi connectivity index (χ1n) is 6.87. The van der Waals surface area contributed by atoms with Crippen molar-refractivity contribution < 1.29 is 14.7 Å². The van der Waals surface area contributed by atoms with Gasteiger partial charge in [-0.15, -0.1) is 11.8 Å². The lowest BCUT2D eigenvalue weighted by molar-refractivity contribution is -0.151. The van der Waals surface area contributed by atoms with Crippen LogP contribution in [0.3, 0.4) is 0 Å². The fourth-order valence-electron chi connectivity index (χ4n) is 2.84. The number of carbonyl (C=O) groups is 2. The SMILES string of the molecule is O=C(NC1(C(=O)O)CCC1)[C@@H]1SCCc2ccccc21. The summed E-state index contributed by atoms with van der Waals surface area (Å²) in [6.45, 7) is 0. The Labute approximate surface area is 121 Å². The van der Waals surface area contributed by atoms with Gasteiger partial charge in [-0.05, 0) is 42.6 Å². The molecule has 5 heteroatoms. The second kappa shape index (κ2) is 5.13. The maximum atomic E-state index is 12.5. The van der Waals surface area contributed by atoms with Gasteiger partial charge in [0.1, 0.15) is 10.8 Å². The minimum absolute atomic E-state index is 0.163. The molecule has 4 nitrogen and oxygen atoms in total. The van der Waals surface area contributed by atoms with E-state index in [1.807, 2.05) is 24.3 Å². The lowest BCUT2D eigenvalue weighted by Gasteiger charge is -2.39. The summed E-state index contributed by atoms with van der Waals surface area (Å²) < 4.78 is 0. The first kappa shape index (κ1) is 13.5. The van der Waals surface area contributed by atoms with Crippen molar-refractivity contribution in [3.8, 4) is 0 Å². The monoisotopic (exact) mass is 291 g/mol. The quantitative estimate of drug-likeness (QED) is 0.895. The van der Waals surface area contributed by atoms with E-state index >= 15 is 0 Å². The third-order valence-electron chi connectivity index (χ3n) is 4.21. The molecule has 1 saturated carbocycles. The number of aliphatic carboxylic acids is 1. The molecule has 1 aliphatic carbocycles. The standard InChI is InChI=1S/C15H17NO3S/c17-13(16-15(14(18)19)7-3-8-15)12-11-5-2-1-4-10(11)6-9-20-12/h1-2,4-5,12H,3,6-9H2,(H,16,17)(H,18,19)/t12-/m1/s1. The smallest absolute Gasteiger partial charge is 0.329 e. The van der Waals surface area contributed by atoms with Crippen molar-refractivity contribution in [2.24, 2.45) is 0 Å². The van der Waals surface area contributed by atoms with Crippen LogP contribution in [0.15, 0.2) is 24.3 Å². The number of amides is 1. The number of carboxylic acids is 1. The molecule has 1 amide bonds. The van der Waals surface area contributed by atoms with Gasteiger partial charge in [0, 0.05) is 0 Å². The number of hydrogen-bond donors (Lipinski definition) is 2. The summed E-state index contributed by atoms with van der Waals surface area (Å²) in [5.41, 5.74) is 1.20. The molecule has 0 aromatic heterocycles. The van der Waals surface area contributed by atoms with Gasteiger partial charge in [0.15, 0.2) is 0 Å². The Kier molecular flexibility index (Phi) is 3.46. The first-order valence-corrected chi connectivity index (χ1v) is 7.92. The van der Waals surface area contributed by atoms with E-state index in [1.54, 1.807) is 11.8 Å². The van der Waals surface area contributed by atoms with Crippen LogP contribution in [0.2, 0.25) is 0 Å². The van der Waals surface area contributed by atoms with E-state index in [0.29, 0.717) is 12.8 Å². The molecule has 1 heterocycles. The Balaban J connectivity index is 1.80. The minimum atomic E-state index is -1.02. The van der Waals surface area contributed by atoms with Crippen LogP contribution in [0.5, 0.6) is 0 Å². The van der Waals surface area contributed by atoms with E-state index in [9.17, 15) is 14.7 Å². The van der Waals surface area contributed by atoms with Crippen LogP contribution in [0.1, 0.15) is 35.6 Å². The second-order valence-corrected chi connectivity index (χ2v) is 6.64. The lowest BCUT2D eigenvalue weighted by atomic mass is 9.76. The number of fused-ring (bicyclic) bond motifs is 1. The molecule has 1 aliphatic heterocycles. The number of rotatable bonds is 3. The number of hydrogen-bond acceptors (Lipinski definition) is 3. The Morgan fingerprint density at radius 3 is 2.70 bits per heavy atom. The summed E-state index contributed by atoms with van der Waals surface area (Å²) >= 11 is 1.60. The average molecular weight is 291 g/mol. The van der Waals surface area contributed by atoms with Crippen molar-refractivity contribution >= 4 is 23.6 Å². The number of aryl methyl sites for hydroxylation is 1. The topological polar surface area (TPSA) is 66.4 Å². The van der Waals surface area contributed by atoms with Crippen molar-refractivity contribution in [2.45, 2.75) is 36.5 Å². The van der Waals surface area contributed by atoms with E-state index < -0.39 is 11.5 Å². The normalized spacial score (nSPS) is 23.3. The highest BCUT2D eigenvalue weighted by molar-refractivity contribution is 8.00. The van der Waals surface area contributed by atoms with Crippen LogP contribution in [-0.4, -0.2) is 28.3 Å². The highest BCUT2D eigenvalue weighted by atomic mass is 32.2. The zero-order chi connectivity index (χ0) is 14.2. The van der Waals surface area contributed by atoms with Crippen molar-refractivity contribution in [1.29, 1.82) is 0 Å². The molecule has 1 aromatic carbocycles. The molecule has 106 valence electrons. The maximum absolute atomic E-state index is 12.5. The highest BCUT2D eigenvalue weighted by Crippen LogP contribution is 2.39. The maximum Gasteiger partial charge on any atom is 0.329 e. The molecule has 0 radical (unpaired) electrons. The van der Waals surface area contributed by atoms with Gasteiger partial charge in [-0.2, -0.15) is 0 Å². The van der Waals surface area contributed by atoms with E-state index in [1.165, 1.54) is 5.56 Å². The van der Waals surface area contributed by atoms with Crippen LogP contribution in [0.4, 0.5) is 0 Å². The summed E-state index contributed by atoms with van der Waals surface area (Å²) in [6.07, 6.45) is 2.90. The molecule has 3 rings (SSSR count). The van der Waals surface area contributed by atoms with Gasteiger partial charge in [0.05, 0.1) is 0 Å². The first-order chi connectivity index (χ1) is 9.62. The van der Waals surface area contributed by atoms with Gasteiger partial charge in [-0.25, -0.2) is 4.79 Å². The molecule has 1 aromatic rings. The van der Waals surface area contributed by atoms with Crippen LogP contribution in [-0.2, 0) is 16.0 Å². The molecule has 0 saturated heterocycles. The number of carboxylic acid groups (broad SMARTS) is 1.